The van der Waals surface area contributed by atoms with Crippen molar-refractivity contribution in [3.8, 4) is 0 Å². The summed E-state index contributed by atoms with van der Waals surface area (Å²) in [5.74, 6) is 0.00535. The van der Waals surface area contributed by atoms with Crippen molar-refractivity contribution in [2.45, 2.75) is 45.6 Å². The van der Waals surface area contributed by atoms with Crippen LogP contribution in [0.1, 0.15) is 54.4 Å². The Labute approximate surface area is 180 Å². The minimum Gasteiger partial charge on any atom is -0.452 e. The third kappa shape index (κ3) is 4.21. The van der Waals surface area contributed by atoms with E-state index in [2.05, 4.69) is 24.1 Å². The molecule has 0 bridgehead atoms. The molecular weight excluding hydrogens is 394 g/mol. The first kappa shape index (κ1) is 20.8. The van der Waals surface area contributed by atoms with E-state index in [0.29, 0.717) is 23.4 Å². The second-order valence-corrected chi connectivity index (χ2v) is 7.84. The number of esters is 1. The maximum absolute atomic E-state index is 12.5. The Bertz CT molecular complexity index is 1220. The lowest BCUT2D eigenvalue weighted by Crippen LogP contribution is -2.22. The highest BCUT2D eigenvalue weighted by atomic mass is 16.5. The molecule has 3 aromatic rings. The number of aryl methyl sites for hydroxylation is 1. The van der Waals surface area contributed by atoms with E-state index in [1.54, 1.807) is 16.7 Å². The lowest BCUT2D eigenvalue weighted by atomic mass is 9.97. The molecule has 2 aromatic carbocycles. The van der Waals surface area contributed by atoms with Crippen molar-refractivity contribution in [3.05, 3.63) is 69.8 Å². The molecule has 1 atom stereocenters. The molecule has 7 nitrogen and oxygen atoms in total. The van der Waals surface area contributed by atoms with Crippen LogP contribution in [0, 0.1) is 0 Å². The van der Waals surface area contributed by atoms with Gasteiger partial charge in [-0.2, -0.15) is 0 Å². The summed E-state index contributed by atoms with van der Waals surface area (Å²) < 4.78 is 6.88. The number of benzene rings is 2. The zero-order valence-corrected chi connectivity index (χ0v) is 17.7. The van der Waals surface area contributed by atoms with Crippen LogP contribution < -0.4 is 10.9 Å². The van der Waals surface area contributed by atoms with Crippen molar-refractivity contribution in [1.82, 2.24) is 9.55 Å². The van der Waals surface area contributed by atoms with Crippen LogP contribution in [0.4, 0.5) is 5.69 Å². The number of ether oxygens (including phenoxy) is 1. The summed E-state index contributed by atoms with van der Waals surface area (Å²) in [6.07, 6.45) is 2.59. The third-order valence-corrected chi connectivity index (χ3v) is 5.76. The molecule has 1 aliphatic rings. The summed E-state index contributed by atoms with van der Waals surface area (Å²) in [6, 6.07) is 12.3. The molecule has 0 aliphatic carbocycles. The van der Waals surface area contributed by atoms with Crippen LogP contribution in [0.25, 0.3) is 10.9 Å². The quantitative estimate of drug-likeness (QED) is 0.616. The molecule has 1 amide bonds. The highest BCUT2D eigenvalue weighted by Crippen LogP contribution is 2.26. The molecule has 0 saturated heterocycles. The number of aromatic nitrogens is 2. The Hall–Kier alpha value is -3.48. The molecule has 0 saturated carbocycles. The first-order chi connectivity index (χ1) is 15.0. The molecule has 0 fully saturated rings. The lowest BCUT2D eigenvalue weighted by Gasteiger charge is -2.15. The predicted octanol–water partition coefficient (Wildman–Crippen LogP) is 3.65. The normalized spacial score (nSPS) is 13.6. The maximum Gasteiger partial charge on any atom is 0.338 e. The Kier molecular flexibility index (Phi) is 5.84. The summed E-state index contributed by atoms with van der Waals surface area (Å²) in [7, 11) is 0. The summed E-state index contributed by atoms with van der Waals surface area (Å²) in [5, 5.41) is 3.30. The zero-order valence-electron chi connectivity index (χ0n) is 17.7. The lowest BCUT2D eigenvalue weighted by molar-refractivity contribution is -0.119. The third-order valence-electron chi connectivity index (χ3n) is 5.76. The number of nitrogens with zero attached hydrogens (tertiary/aromatic N) is 2. The van der Waals surface area contributed by atoms with Crippen LogP contribution in [0.2, 0.25) is 0 Å². The number of carbonyl (C=O) groups excluding carboxylic acids is 2. The van der Waals surface area contributed by atoms with Crippen molar-refractivity contribution < 1.29 is 14.3 Å². The first-order valence-electron chi connectivity index (χ1n) is 10.6. The van der Waals surface area contributed by atoms with Crippen LogP contribution in [0.5, 0.6) is 0 Å². The SMILES string of the molecule is CC[C@H](C)c1ccccc1NC(=O)COC(=O)c1ccc2c(=O)n3c(nc2c1)CCC3. The highest BCUT2D eigenvalue weighted by molar-refractivity contribution is 5.97. The first-order valence-corrected chi connectivity index (χ1v) is 10.6. The Morgan fingerprint density at radius 3 is 2.84 bits per heavy atom. The standard InChI is InChI=1S/C24H25N3O4/c1-3-15(2)17-7-4-5-8-19(17)26-22(28)14-31-24(30)16-10-11-18-20(13-16)25-21-9-6-12-27(21)23(18)29/h4-5,7-8,10-11,13,15H,3,6,9,12,14H2,1-2H3,(H,26,28)/t15-/m0/s1. The van der Waals surface area contributed by atoms with E-state index in [1.807, 2.05) is 24.3 Å². The van der Waals surface area contributed by atoms with E-state index in [9.17, 15) is 14.4 Å². The fourth-order valence-corrected chi connectivity index (χ4v) is 3.87. The van der Waals surface area contributed by atoms with Crippen molar-refractivity contribution >= 4 is 28.5 Å². The minimum absolute atomic E-state index is 0.0863. The molecule has 7 heteroatoms. The maximum atomic E-state index is 12.5. The van der Waals surface area contributed by atoms with Gasteiger partial charge in [0, 0.05) is 18.7 Å². The van der Waals surface area contributed by atoms with Crippen molar-refractivity contribution in [3.63, 3.8) is 0 Å². The van der Waals surface area contributed by atoms with Gasteiger partial charge in [-0.3, -0.25) is 14.2 Å². The van der Waals surface area contributed by atoms with Gasteiger partial charge in [0.1, 0.15) is 5.82 Å². The highest BCUT2D eigenvalue weighted by Gasteiger charge is 2.18. The number of amides is 1. The molecule has 1 aromatic heterocycles. The number of nitrogens with one attached hydrogen (secondary N) is 1. The van der Waals surface area contributed by atoms with Crippen LogP contribution >= 0.6 is 0 Å². The van der Waals surface area contributed by atoms with Gasteiger partial charge in [0.25, 0.3) is 11.5 Å². The molecule has 160 valence electrons. The number of anilines is 1. The van der Waals surface area contributed by atoms with E-state index in [-0.39, 0.29) is 11.1 Å². The van der Waals surface area contributed by atoms with Crippen molar-refractivity contribution in [2.24, 2.45) is 0 Å². The fourth-order valence-electron chi connectivity index (χ4n) is 3.87. The van der Waals surface area contributed by atoms with Crippen LogP contribution in [-0.2, 0) is 22.5 Å². The van der Waals surface area contributed by atoms with Gasteiger partial charge in [-0.05, 0) is 48.6 Å². The fraction of sp³-hybridized carbons (Fsp3) is 0.333. The van der Waals surface area contributed by atoms with Gasteiger partial charge in [-0.25, -0.2) is 9.78 Å². The monoisotopic (exact) mass is 419 g/mol. The zero-order chi connectivity index (χ0) is 22.0. The molecule has 0 unspecified atom stereocenters. The van der Waals surface area contributed by atoms with Gasteiger partial charge in [0.05, 0.1) is 16.5 Å². The van der Waals surface area contributed by atoms with Crippen LogP contribution in [0.3, 0.4) is 0 Å². The van der Waals surface area contributed by atoms with E-state index in [4.69, 9.17) is 4.74 Å². The summed E-state index contributed by atoms with van der Waals surface area (Å²) >= 11 is 0. The molecule has 2 heterocycles. The van der Waals surface area contributed by atoms with E-state index >= 15 is 0 Å². The van der Waals surface area contributed by atoms with Crippen LogP contribution in [0.15, 0.2) is 47.3 Å². The van der Waals surface area contributed by atoms with E-state index in [1.165, 1.54) is 6.07 Å². The van der Waals surface area contributed by atoms with Crippen molar-refractivity contribution in [2.75, 3.05) is 11.9 Å². The number of hydrogen-bond acceptors (Lipinski definition) is 5. The number of hydrogen-bond donors (Lipinski definition) is 1. The Balaban J connectivity index is 1.44. The molecular formula is C24H25N3O4. The summed E-state index contributed by atoms with van der Waals surface area (Å²) in [4.78, 5) is 41.9. The average molecular weight is 419 g/mol. The van der Waals surface area contributed by atoms with Gasteiger partial charge >= 0.3 is 5.97 Å². The van der Waals surface area contributed by atoms with Crippen LogP contribution in [-0.4, -0.2) is 28.0 Å². The van der Waals surface area contributed by atoms with Gasteiger partial charge in [0.15, 0.2) is 6.61 Å². The average Bonchev–Trinajstić information content (AvgIpc) is 3.26. The second-order valence-electron chi connectivity index (χ2n) is 7.84. The molecule has 0 spiro atoms. The van der Waals surface area contributed by atoms with Gasteiger partial charge < -0.3 is 10.1 Å². The number of carbonyl (C=O) groups is 2. The molecule has 0 radical (unpaired) electrons. The summed E-state index contributed by atoms with van der Waals surface area (Å²) in [6.45, 7) is 4.47. The minimum atomic E-state index is -0.630. The summed E-state index contributed by atoms with van der Waals surface area (Å²) in [5.41, 5.74) is 2.41. The number of rotatable bonds is 6. The molecule has 1 N–H and O–H groups in total. The molecule has 31 heavy (non-hydrogen) atoms. The van der Waals surface area contributed by atoms with Gasteiger partial charge in [-0.1, -0.05) is 32.0 Å². The molecule has 4 rings (SSSR count). The predicted molar refractivity (Wildman–Crippen MR) is 118 cm³/mol. The molecule has 1 aliphatic heterocycles. The number of para-hydroxylation sites is 1. The van der Waals surface area contributed by atoms with E-state index in [0.717, 1.165) is 36.3 Å². The number of fused-ring (bicyclic) bond motifs is 2. The van der Waals surface area contributed by atoms with Gasteiger partial charge in [-0.15, -0.1) is 0 Å². The second kappa shape index (κ2) is 8.71. The topological polar surface area (TPSA) is 90.3 Å². The van der Waals surface area contributed by atoms with Gasteiger partial charge in [0.2, 0.25) is 0 Å². The van der Waals surface area contributed by atoms with E-state index < -0.39 is 18.5 Å². The smallest absolute Gasteiger partial charge is 0.338 e. The Morgan fingerprint density at radius 1 is 1.23 bits per heavy atom. The largest absolute Gasteiger partial charge is 0.452 e. The van der Waals surface area contributed by atoms with Crippen molar-refractivity contribution in [1.29, 1.82) is 0 Å². The Morgan fingerprint density at radius 2 is 2.03 bits per heavy atom.